The van der Waals surface area contributed by atoms with Crippen LogP contribution in [-0.4, -0.2) is 13.4 Å². The van der Waals surface area contributed by atoms with Crippen molar-refractivity contribution in [2.45, 2.75) is 11.4 Å². The summed E-state index contributed by atoms with van der Waals surface area (Å²) in [6.07, 6.45) is 2.04. The molecule has 0 bridgehead atoms. The first-order valence-electron chi connectivity index (χ1n) is 5.93. The molecule has 0 aromatic heterocycles. The number of methoxy groups -OCH3 is 1. The van der Waals surface area contributed by atoms with Gasteiger partial charge in [-0.3, -0.25) is 0 Å². The van der Waals surface area contributed by atoms with Gasteiger partial charge < -0.3 is 10.1 Å². The Morgan fingerprint density at radius 2 is 1.89 bits per heavy atom. The van der Waals surface area contributed by atoms with Gasteiger partial charge in [-0.15, -0.1) is 11.8 Å². The minimum Gasteiger partial charge on any atom is -0.497 e. The number of thioether (sulfide) groups is 1. The molecule has 4 heteroatoms. The van der Waals surface area contributed by atoms with Crippen LogP contribution in [0.2, 0.25) is 0 Å². The van der Waals surface area contributed by atoms with Crippen LogP contribution in [0.15, 0.2) is 47.4 Å². The van der Waals surface area contributed by atoms with Gasteiger partial charge in [-0.25, -0.2) is 4.39 Å². The molecule has 0 fully saturated rings. The average molecular weight is 277 g/mol. The third-order valence-electron chi connectivity index (χ3n) is 2.83. The summed E-state index contributed by atoms with van der Waals surface area (Å²) in [7, 11) is 1.53. The second kappa shape index (κ2) is 6.48. The molecule has 2 aromatic rings. The maximum Gasteiger partial charge on any atom is 0.131 e. The molecular weight excluding hydrogens is 261 g/mol. The minimum atomic E-state index is -0.257. The molecule has 2 aromatic carbocycles. The lowest BCUT2D eigenvalue weighted by molar-refractivity contribution is 0.411. The zero-order chi connectivity index (χ0) is 13.7. The van der Waals surface area contributed by atoms with E-state index in [1.54, 1.807) is 23.9 Å². The predicted molar refractivity (Wildman–Crippen MR) is 78.5 cm³/mol. The van der Waals surface area contributed by atoms with Crippen molar-refractivity contribution in [1.82, 2.24) is 0 Å². The molecular formula is C15H16FNOS. The number of rotatable bonds is 5. The van der Waals surface area contributed by atoms with Gasteiger partial charge in [0.2, 0.25) is 0 Å². The minimum absolute atomic E-state index is 0.257. The van der Waals surface area contributed by atoms with E-state index in [4.69, 9.17) is 4.74 Å². The van der Waals surface area contributed by atoms with Crippen LogP contribution in [0, 0.1) is 5.82 Å². The van der Waals surface area contributed by atoms with Crippen molar-refractivity contribution in [2.24, 2.45) is 0 Å². The van der Waals surface area contributed by atoms with Crippen LogP contribution in [0.25, 0.3) is 0 Å². The van der Waals surface area contributed by atoms with Crippen LogP contribution in [0.4, 0.5) is 10.1 Å². The quantitative estimate of drug-likeness (QED) is 0.829. The Bertz CT molecular complexity index is 542. The number of halogens is 1. The molecule has 19 heavy (non-hydrogen) atoms. The number of anilines is 1. The normalized spacial score (nSPS) is 10.3. The number of ether oxygens (including phenoxy) is 1. The van der Waals surface area contributed by atoms with E-state index in [1.165, 1.54) is 18.1 Å². The summed E-state index contributed by atoms with van der Waals surface area (Å²) in [6, 6.07) is 13.0. The van der Waals surface area contributed by atoms with Gasteiger partial charge >= 0.3 is 0 Å². The van der Waals surface area contributed by atoms with E-state index < -0.39 is 0 Å². The van der Waals surface area contributed by atoms with Crippen LogP contribution >= 0.6 is 11.8 Å². The molecule has 1 N–H and O–H groups in total. The Hall–Kier alpha value is -1.68. The largest absolute Gasteiger partial charge is 0.497 e. The van der Waals surface area contributed by atoms with Crippen LogP contribution in [0.1, 0.15) is 5.56 Å². The standard InChI is InChI=1S/C15H16FNOS/c1-18-13-6-3-11(15(16)9-13)10-17-12-4-7-14(19-2)8-5-12/h3-9,17H,10H2,1-2H3. The van der Waals surface area contributed by atoms with Gasteiger partial charge in [0.15, 0.2) is 0 Å². The van der Waals surface area contributed by atoms with Gasteiger partial charge in [-0.05, 0) is 36.6 Å². The SMILES string of the molecule is COc1ccc(CNc2ccc(SC)cc2)c(F)c1. The molecule has 0 spiro atoms. The number of benzene rings is 2. The fourth-order valence-electron chi connectivity index (χ4n) is 1.70. The van der Waals surface area contributed by atoms with E-state index in [-0.39, 0.29) is 5.82 Å². The van der Waals surface area contributed by atoms with Crippen LogP contribution < -0.4 is 10.1 Å². The maximum atomic E-state index is 13.7. The molecule has 0 unspecified atom stereocenters. The van der Waals surface area contributed by atoms with Gasteiger partial charge in [-0.2, -0.15) is 0 Å². The second-order valence-electron chi connectivity index (χ2n) is 4.04. The predicted octanol–water partition coefficient (Wildman–Crippen LogP) is 4.17. The maximum absolute atomic E-state index is 13.7. The van der Waals surface area contributed by atoms with Crippen molar-refractivity contribution in [1.29, 1.82) is 0 Å². The Morgan fingerprint density at radius 1 is 1.16 bits per heavy atom. The van der Waals surface area contributed by atoms with Crippen molar-refractivity contribution in [3.63, 3.8) is 0 Å². The average Bonchev–Trinajstić information content (AvgIpc) is 2.46. The lowest BCUT2D eigenvalue weighted by Crippen LogP contribution is -2.02. The summed E-state index contributed by atoms with van der Waals surface area (Å²) in [5.74, 6) is 0.276. The van der Waals surface area contributed by atoms with E-state index >= 15 is 0 Å². The highest BCUT2D eigenvalue weighted by Gasteiger charge is 2.03. The molecule has 0 aliphatic carbocycles. The molecule has 0 aliphatic heterocycles. The highest BCUT2D eigenvalue weighted by molar-refractivity contribution is 7.98. The smallest absolute Gasteiger partial charge is 0.131 e. The molecule has 100 valence electrons. The van der Waals surface area contributed by atoms with Crippen LogP contribution in [0.5, 0.6) is 5.75 Å². The monoisotopic (exact) mass is 277 g/mol. The Kier molecular flexibility index (Phi) is 4.68. The second-order valence-corrected chi connectivity index (χ2v) is 4.92. The molecule has 0 atom stereocenters. The van der Waals surface area contributed by atoms with E-state index in [0.717, 1.165) is 5.69 Å². The molecule has 0 saturated heterocycles. The summed E-state index contributed by atoms with van der Waals surface area (Å²) in [6.45, 7) is 0.453. The number of hydrogen-bond donors (Lipinski definition) is 1. The first-order valence-corrected chi connectivity index (χ1v) is 7.15. The molecule has 2 nitrogen and oxygen atoms in total. The lowest BCUT2D eigenvalue weighted by Gasteiger charge is -2.09. The highest BCUT2D eigenvalue weighted by atomic mass is 32.2. The molecule has 2 rings (SSSR count). The molecule has 0 saturated carbocycles. The van der Waals surface area contributed by atoms with Crippen molar-refractivity contribution in [3.05, 3.63) is 53.8 Å². The van der Waals surface area contributed by atoms with E-state index in [0.29, 0.717) is 17.9 Å². The fraction of sp³-hybridized carbons (Fsp3) is 0.200. The van der Waals surface area contributed by atoms with Gasteiger partial charge in [0.05, 0.1) is 7.11 Å². The van der Waals surface area contributed by atoms with Crippen molar-refractivity contribution in [2.75, 3.05) is 18.7 Å². The third kappa shape index (κ3) is 3.64. The number of hydrogen-bond acceptors (Lipinski definition) is 3. The van der Waals surface area contributed by atoms with Crippen molar-refractivity contribution < 1.29 is 9.13 Å². The van der Waals surface area contributed by atoms with E-state index in [9.17, 15) is 4.39 Å². The Morgan fingerprint density at radius 3 is 2.47 bits per heavy atom. The summed E-state index contributed by atoms with van der Waals surface area (Å²) in [5.41, 5.74) is 1.60. The van der Waals surface area contributed by atoms with E-state index in [1.807, 2.05) is 30.5 Å². The Balaban J connectivity index is 2.01. The highest BCUT2D eigenvalue weighted by Crippen LogP contribution is 2.20. The first-order chi connectivity index (χ1) is 9.22. The summed E-state index contributed by atoms with van der Waals surface area (Å²) in [4.78, 5) is 1.21. The number of nitrogens with one attached hydrogen (secondary N) is 1. The molecule has 0 radical (unpaired) electrons. The van der Waals surface area contributed by atoms with Gasteiger partial charge in [0.1, 0.15) is 11.6 Å². The third-order valence-corrected chi connectivity index (χ3v) is 3.58. The van der Waals surface area contributed by atoms with Crippen molar-refractivity contribution in [3.8, 4) is 5.75 Å². The summed E-state index contributed by atoms with van der Waals surface area (Å²) < 4.78 is 18.7. The lowest BCUT2D eigenvalue weighted by atomic mass is 10.2. The van der Waals surface area contributed by atoms with Crippen LogP contribution in [-0.2, 0) is 6.54 Å². The zero-order valence-electron chi connectivity index (χ0n) is 10.9. The van der Waals surface area contributed by atoms with Crippen molar-refractivity contribution >= 4 is 17.4 Å². The molecule has 0 amide bonds. The molecule has 0 aliphatic rings. The first kappa shape index (κ1) is 13.7. The van der Waals surface area contributed by atoms with Gasteiger partial charge in [-0.1, -0.05) is 6.07 Å². The zero-order valence-corrected chi connectivity index (χ0v) is 11.8. The van der Waals surface area contributed by atoms with Crippen LogP contribution in [0.3, 0.4) is 0 Å². The van der Waals surface area contributed by atoms with Gasteiger partial charge in [0.25, 0.3) is 0 Å². The fourth-order valence-corrected chi connectivity index (χ4v) is 2.11. The van der Waals surface area contributed by atoms with Gasteiger partial charge in [0, 0.05) is 28.8 Å². The topological polar surface area (TPSA) is 21.3 Å². The van der Waals surface area contributed by atoms with E-state index in [2.05, 4.69) is 5.32 Å². The molecule has 0 heterocycles. The summed E-state index contributed by atoms with van der Waals surface area (Å²) >= 11 is 1.70. The summed E-state index contributed by atoms with van der Waals surface area (Å²) in [5, 5.41) is 3.20. The Labute approximate surface area is 117 Å².